The second-order valence-electron chi connectivity index (χ2n) is 8.12. The summed E-state index contributed by atoms with van der Waals surface area (Å²) in [6.07, 6.45) is 0. The molecule has 0 fully saturated rings. The van der Waals surface area contributed by atoms with Gasteiger partial charge in [-0.05, 0) is 78.3 Å². The van der Waals surface area contributed by atoms with Crippen LogP contribution < -0.4 is 10.6 Å². The number of carbonyl (C=O) groups is 1. The first kappa shape index (κ1) is 21.6. The van der Waals surface area contributed by atoms with Crippen molar-refractivity contribution in [1.29, 1.82) is 0 Å². The van der Waals surface area contributed by atoms with Gasteiger partial charge in [-0.15, -0.1) is 0 Å². The minimum atomic E-state index is -0.307. The first-order valence-electron chi connectivity index (χ1n) is 10.7. The highest BCUT2D eigenvalue weighted by atomic mass is 32.1. The predicted octanol–water partition coefficient (Wildman–Crippen LogP) is 6.10. The monoisotopic (exact) mass is 467 g/mol. The molecule has 0 radical (unpaired) electrons. The van der Waals surface area contributed by atoms with Gasteiger partial charge in [0.1, 0.15) is 11.3 Å². The van der Waals surface area contributed by atoms with E-state index in [1.807, 2.05) is 62.4 Å². The minimum absolute atomic E-state index is 0.0252. The van der Waals surface area contributed by atoms with Gasteiger partial charge in [0, 0.05) is 11.3 Å². The molecule has 3 N–H and O–H groups in total. The van der Waals surface area contributed by atoms with Gasteiger partial charge in [-0.1, -0.05) is 42.5 Å². The number of benzene rings is 4. The summed E-state index contributed by atoms with van der Waals surface area (Å²) >= 11 is 5.37. The zero-order chi connectivity index (χ0) is 23.8. The summed E-state index contributed by atoms with van der Waals surface area (Å²) in [5, 5.41) is 18.1. The molecule has 0 bridgehead atoms. The van der Waals surface area contributed by atoms with Crippen LogP contribution in [0, 0.1) is 13.8 Å². The first-order valence-corrected chi connectivity index (χ1v) is 11.1. The van der Waals surface area contributed by atoms with Crippen molar-refractivity contribution in [2.45, 2.75) is 13.8 Å². The molecule has 5 aromatic rings. The van der Waals surface area contributed by atoms with Gasteiger partial charge in [0.25, 0.3) is 5.91 Å². The van der Waals surface area contributed by atoms with E-state index in [-0.39, 0.29) is 16.8 Å². The Morgan fingerprint density at radius 3 is 2.65 bits per heavy atom. The van der Waals surface area contributed by atoms with Crippen molar-refractivity contribution in [2.75, 3.05) is 5.32 Å². The number of nitrogens with zero attached hydrogens (tertiary/aromatic N) is 1. The molecule has 0 unspecified atom stereocenters. The third-order valence-corrected chi connectivity index (χ3v) is 5.77. The molecule has 1 heterocycles. The van der Waals surface area contributed by atoms with Crippen molar-refractivity contribution < 1.29 is 14.3 Å². The van der Waals surface area contributed by atoms with Crippen molar-refractivity contribution in [1.82, 2.24) is 10.3 Å². The molecule has 0 saturated carbocycles. The Kier molecular flexibility index (Phi) is 5.47. The smallest absolute Gasteiger partial charge is 0.258 e. The van der Waals surface area contributed by atoms with Crippen LogP contribution in [0.5, 0.6) is 5.75 Å². The predicted molar refractivity (Wildman–Crippen MR) is 138 cm³/mol. The summed E-state index contributed by atoms with van der Waals surface area (Å²) in [5.74, 6) is 0.0193. The average Bonchev–Trinajstić information content (AvgIpc) is 3.24. The van der Waals surface area contributed by atoms with E-state index in [1.54, 1.807) is 18.2 Å². The maximum atomic E-state index is 12.9. The molecule has 5 rings (SSSR count). The van der Waals surface area contributed by atoms with E-state index >= 15 is 0 Å². The largest absolute Gasteiger partial charge is 0.507 e. The highest BCUT2D eigenvalue weighted by Gasteiger charge is 2.16. The molecule has 0 saturated heterocycles. The van der Waals surface area contributed by atoms with Crippen LogP contribution in [0.25, 0.3) is 33.3 Å². The number of rotatable bonds is 3. The van der Waals surface area contributed by atoms with Crippen molar-refractivity contribution in [3.63, 3.8) is 0 Å². The molecule has 168 valence electrons. The van der Waals surface area contributed by atoms with Crippen LogP contribution >= 0.6 is 12.2 Å². The Bertz CT molecular complexity index is 1580. The number of amides is 1. The van der Waals surface area contributed by atoms with E-state index in [9.17, 15) is 9.90 Å². The molecule has 34 heavy (non-hydrogen) atoms. The van der Waals surface area contributed by atoms with Gasteiger partial charge >= 0.3 is 0 Å². The maximum Gasteiger partial charge on any atom is 0.258 e. The van der Waals surface area contributed by atoms with Crippen molar-refractivity contribution >= 4 is 50.8 Å². The Hall–Kier alpha value is -4.23. The SMILES string of the molecule is Cc1cc(C)c2oc(-c3cc(NC(=S)NC(=O)c4cccc5ccccc45)ccc3O)nc2c1. The van der Waals surface area contributed by atoms with Crippen LogP contribution in [0.15, 0.2) is 77.2 Å². The van der Waals surface area contributed by atoms with Crippen molar-refractivity contribution in [3.05, 3.63) is 89.5 Å². The lowest BCUT2D eigenvalue weighted by Crippen LogP contribution is -2.34. The quantitative estimate of drug-likeness (QED) is 0.220. The highest BCUT2D eigenvalue weighted by molar-refractivity contribution is 7.80. The number of phenols is 1. The molecular formula is C27H21N3O3S. The zero-order valence-corrected chi connectivity index (χ0v) is 19.4. The fourth-order valence-electron chi connectivity index (χ4n) is 4.03. The van der Waals surface area contributed by atoms with Gasteiger partial charge in [-0.25, -0.2) is 4.98 Å². The van der Waals surface area contributed by atoms with Gasteiger partial charge in [0.05, 0.1) is 5.56 Å². The normalized spacial score (nSPS) is 11.0. The summed E-state index contributed by atoms with van der Waals surface area (Å²) in [6, 6.07) is 22.0. The highest BCUT2D eigenvalue weighted by Crippen LogP contribution is 2.34. The maximum absolute atomic E-state index is 12.9. The average molecular weight is 468 g/mol. The first-order chi connectivity index (χ1) is 16.4. The number of aromatic nitrogens is 1. The van der Waals surface area contributed by atoms with Gasteiger partial charge in [0.15, 0.2) is 10.7 Å². The lowest BCUT2D eigenvalue weighted by molar-refractivity contribution is 0.0979. The summed E-state index contributed by atoms with van der Waals surface area (Å²) < 4.78 is 5.94. The number of nitrogens with one attached hydrogen (secondary N) is 2. The van der Waals surface area contributed by atoms with E-state index in [0.717, 1.165) is 27.4 Å². The Labute approximate surface area is 201 Å². The number of fused-ring (bicyclic) bond motifs is 2. The van der Waals surface area contributed by atoms with Gasteiger partial charge in [0.2, 0.25) is 5.89 Å². The fraction of sp³-hybridized carbons (Fsp3) is 0.0741. The number of aryl methyl sites for hydroxylation is 2. The van der Waals surface area contributed by atoms with Crippen LogP contribution in [-0.2, 0) is 0 Å². The van der Waals surface area contributed by atoms with Crippen molar-refractivity contribution in [2.24, 2.45) is 0 Å². The van der Waals surface area contributed by atoms with E-state index in [2.05, 4.69) is 15.6 Å². The van der Waals surface area contributed by atoms with Crippen LogP contribution in [0.4, 0.5) is 5.69 Å². The number of aromatic hydroxyl groups is 1. The number of phenolic OH excluding ortho intramolecular Hbond substituents is 1. The lowest BCUT2D eigenvalue weighted by Gasteiger charge is -2.12. The number of thiocarbonyl (C=S) groups is 1. The summed E-state index contributed by atoms with van der Waals surface area (Å²) in [6.45, 7) is 3.95. The molecule has 0 spiro atoms. The zero-order valence-electron chi connectivity index (χ0n) is 18.5. The summed E-state index contributed by atoms with van der Waals surface area (Å²) in [5.41, 5.74) is 4.98. The third-order valence-electron chi connectivity index (χ3n) is 5.57. The topological polar surface area (TPSA) is 87.4 Å². The van der Waals surface area contributed by atoms with E-state index < -0.39 is 0 Å². The Morgan fingerprint density at radius 2 is 1.79 bits per heavy atom. The molecule has 6 nitrogen and oxygen atoms in total. The molecule has 0 aliphatic carbocycles. The van der Waals surface area contributed by atoms with Crippen LogP contribution in [0.1, 0.15) is 21.5 Å². The molecule has 7 heteroatoms. The molecule has 1 amide bonds. The lowest BCUT2D eigenvalue weighted by atomic mass is 10.0. The van der Waals surface area contributed by atoms with E-state index in [0.29, 0.717) is 28.3 Å². The van der Waals surface area contributed by atoms with Crippen LogP contribution in [-0.4, -0.2) is 21.1 Å². The van der Waals surface area contributed by atoms with Crippen LogP contribution in [0.2, 0.25) is 0 Å². The second-order valence-corrected chi connectivity index (χ2v) is 8.52. The number of hydrogen-bond acceptors (Lipinski definition) is 5. The summed E-state index contributed by atoms with van der Waals surface area (Å²) in [4.78, 5) is 17.4. The Balaban J connectivity index is 1.38. The molecule has 0 aliphatic rings. The number of hydrogen-bond donors (Lipinski definition) is 3. The number of oxazole rings is 1. The van der Waals surface area contributed by atoms with Gasteiger partial charge < -0.3 is 14.8 Å². The second kappa shape index (κ2) is 8.61. The molecule has 0 atom stereocenters. The summed E-state index contributed by atoms with van der Waals surface area (Å²) in [7, 11) is 0. The van der Waals surface area contributed by atoms with E-state index in [1.165, 1.54) is 6.07 Å². The molecule has 1 aromatic heterocycles. The van der Waals surface area contributed by atoms with Gasteiger partial charge in [-0.2, -0.15) is 0 Å². The van der Waals surface area contributed by atoms with Gasteiger partial charge in [-0.3, -0.25) is 10.1 Å². The third kappa shape index (κ3) is 4.09. The fourth-order valence-corrected chi connectivity index (χ4v) is 4.24. The Morgan fingerprint density at radius 1 is 1.00 bits per heavy atom. The molecular weight excluding hydrogens is 446 g/mol. The van der Waals surface area contributed by atoms with E-state index in [4.69, 9.17) is 16.6 Å². The molecule has 4 aromatic carbocycles. The standard InChI is InChI=1S/C27H21N3O3S/c1-15-12-16(2)24-22(13-15)29-26(33-24)21-14-18(10-11-23(21)31)28-27(34)30-25(32)20-9-5-7-17-6-3-4-8-19(17)20/h3-14,31H,1-2H3,(H2,28,30,32,34). The molecule has 0 aliphatic heterocycles. The number of anilines is 1. The van der Waals surface area contributed by atoms with Crippen molar-refractivity contribution in [3.8, 4) is 17.2 Å². The van der Waals surface area contributed by atoms with Crippen LogP contribution in [0.3, 0.4) is 0 Å². The number of carbonyl (C=O) groups excluding carboxylic acids is 1. The minimum Gasteiger partial charge on any atom is -0.507 e.